The molecular formula is C18H19N3OS. The van der Waals surface area contributed by atoms with Crippen molar-refractivity contribution in [3.8, 4) is 0 Å². The maximum Gasteiger partial charge on any atom is 0.253 e. The number of nitrogens with one attached hydrogen (secondary N) is 1. The second kappa shape index (κ2) is 6.46. The van der Waals surface area contributed by atoms with Gasteiger partial charge in [-0.1, -0.05) is 25.1 Å². The maximum absolute atomic E-state index is 12.5. The average molecular weight is 325 g/mol. The number of fused-ring (bicyclic) bond motifs is 1. The van der Waals surface area contributed by atoms with Crippen LogP contribution < -0.4 is 5.32 Å². The van der Waals surface area contributed by atoms with E-state index in [0.717, 1.165) is 28.0 Å². The summed E-state index contributed by atoms with van der Waals surface area (Å²) in [5, 5.41) is 5.00. The van der Waals surface area contributed by atoms with Crippen LogP contribution in [-0.2, 0) is 0 Å². The molecule has 1 unspecified atom stereocenters. The zero-order valence-electron chi connectivity index (χ0n) is 13.5. The van der Waals surface area contributed by atoms with Gasteiger partial charge in [-0.2, -0.15) is 0 Å². The molecule has 1 aromatic carbocycles. The molecule has 5 heteroatoms. The molecule has 0 saturated carbocycles. The summed E-state index contributed by atoms with van der Waals surface area (Å²) in [5.74, 6) is -0.111. The Labute approximate surface area is 139 Å². The fourth-order valence-corrected chi connectivity index (χ4v) is 3.48. The van der Waals surface area contributed by atoms with Gasteiger partial charge in [0.15, 0.2) is 0 Å². The number of carbonyl (C=O) groups excluding carboxylic acids is 1. The molecule has 3 rings (SSSR count). The number of thiazole rings is 1. The lowest BCUT2D eigenvalue weighted by Crippen LogP contribution is -2.28. The van der Waals surface area contributed by atoms with Crippen molar-refractivity contribution in [2.24, 2.45) is 0 Å². The number of aromatic nitrogens is 2. The van der Waals surface area contributed by atoms with Crippen molar-refractivity contribution in [1.29, 1.82) is 0 Å². The lowest BCUT2D eigenvalue weighted by atomic mass is 10.1. The van der Waals surface area contributed by atoms with Crippen LogP contribution in [0.4, 0.5) is 0 Å². The van der Waals surface area contributed by atoms with E-state index in [1.165, 1.54) is 4.88 Å². The number of rotatable bonds is 4. The van der Waals surface area contributed by atoms with E-state index in [1.807, 2.05) is 37.3 Å². The van der Waals surface area contributed by atoms with Crippen LogP contribution in [0.15, 0.2) is 36.5 Å². The molecule has 3 aromatic rings. The van der Waals surface area contributed by atoms with Crippen LogP contribution in [0.2, 0.25) is 0 Å². The van der Waals surface area contributed by atoms with E-state index < -0.39 is 0 Å². The zero-order chi connectivity index (χ0) is 16.4. The molecule has 118 valence electrons. The second-order valence-corrected chi connectivity index (χ2v) is 6.78. The predicted molar refractivity (Wildman–Crippen MR) is 93.8 cm³/mol. The van der Waals surface area contributed by atoms with E-state index in [4.69, 9.17) is 0 Å². The van der Waals surface area contributed by atoms with Crippen LogP contribution in [-0.4, -0.2) is 15.9 Å². The molecule has 0 aliphatic carbocycles. The minimum atomic E-state index is -0.111. The Balaban J connectivity index is 1.83. The highest BCUT2D eigenvalue weighted by atomic mass is 32.1. The summed E-state index contributed by atoms with van der Waals surface area (Å²) < 4.78 is 0. The van der Waals surface area contributed by atoms with Gasteiger partial charge < -0.3 is 5.32 Å². The van der Waals surface area contributed by atoms with E-state index in [2.05, 4.69) is 29.1 Å². The summed E-state index contributed by atoms with van der Waals surface area (Å²) in [5.41, 5.74) is 2.50. The van der Waals surface area contributed by atoms with Crippen molar-refractivity contribution in [2.45, 2.75) is 33.2 Å². The smallest absolute Gasteiger partial charge is 0.253 e. The number of para-hydroxylation sites is 1. The van der Waals surface area contributed by atoms with Crippen molar-refractivity contribution in [3.63, 3.8) is 0 Å². The van der Waals surface area contributed by atoms with Crippen LogP contribution >= 0.6 is 11.3 Å². The monoisotopic (exact) mass is 325 g/mol. The largest absolute Gasteiger partial charge is 0.343 e. The van der Waals surface area contributed by atoms with Crippen LogP contribution in [0.5, 0.6) is 0 Å². The molecule has 0 bridgehead atoms. The van der Waals surface area contributed by atoms with Gasteiger partial charge in [-0.15, -0.1) is 11.3 Å². The summed E-state index contributed by atoms with van der Waals surface area (Å²) in [7, 11) is 0. The molecular weight excluding hydrogens is 306 g/mol. The Morgan fingerprint density at radius 3 is 2.78 bits per heavy atom. The number of nitrogens with zero attached hydrogens (tertiary/aromatic N) is 2. The molecule has 1 amide bonds. The number of aryl methyl sites for hydroxylation is 2. The second-order valence-electron chi connectivity index (χ2n) is 5.54. The first-order valence-corrected chi connectivity index (χ1v) is 8.49. The summed E-state index contributed by atoms with van der Waals surface area (Å²) >= 11 is 1.65. The normalized spacial score (nSPS) is 12.3. The molecule has 0 radical (unpaired) electrons. The first kappa shape index (κ1) is 15.6. The Morgan fingerprint density at radius 2 is 2.09 bits per heavy atom. The molecule has 1 atom stereocenters. The maximum atomic E-state index is 12.5. The topological polar surface area (TPSA) is 54.9 Å². The fourth-order valence-electron chi connectivity index (χ4n) is 2.42. The van der Waals surface area contributed by atoms with Gasteiger partial charge in [0.1, 0.15) is 5.01 Å². The van der Waals surface area contributed by atoms with Crippen LogP contribution in [0.1, 0.15) is 45.3 Å². The van der Waals surface area contributed by atoms with Crippen molar-refractivity contribution in [3.05, 3.63) is 57.7 Å². The standard InChI is InChI=1S/C18H19N3OS/c1-4-15(18-20-11(2)12(3)23-18)21-17(22)14-9-13-7-5-6-8-16(13)19-10-14/h5-10,15H,4H2,1-3H3,(H,21,22). The van der Waals surface area contributed by atoms with Gasteiger partial charge in [0, 0.05) is 16.5 Å². The molecule has 0 fully saturated rings. The van der Waals surface area contributed by atoms with E-state index in [1.54, 1.807) is 17.5 Å². The molecule has 4 nitrogen and oxygen atoms in total. The molecule has 1 N–H and O–H groups in total. The number of benzene rings is 1. The lowest BCUT2D eigenvalue weighted by Gasteiger charge is -2.14. The number of amides is 1. The summed E-state index contributed by atoms with van der Waals surface area (Å²) in [6.07, 6.45) is 2.43. The van der Waals surface area contributed by atoms with Crippen molar-refractivity contribution in [2.75, 3.05) is 0 Å². The highest BCUT2D eigenvalue weighted by Gasteiger charge is 2.18. The van der Waals surface area contributed by atoms with E-state index >= 15 is 0 Å². The SMILES string of the molecule is CCC(NC(=O)c1cnc2ccccc2c1)c1nc(C)c(C)s1. The quantitative estimate of drug-likeness (QED) is 0.782. The summed E-state index contributed by atoms with van der Waals surface area (Å²) in [6, 6.07) is 9.60. The number of hydrogen-bond donors (Lipinski definition) is 1. The van der Waals surface area contributed by atoms with Gasteiger partial charge in [0.05, 0.1) is 22.8 Å². The van der Waals surface area contributed by atoms with E-state index in [0.29, 0.717) is 5.56 Å². The first-order valence-electron chi connectivity index (χ1n) is 7.68. The third-order valence-electron chi connectivity index (χ3n) is 3.91. The molecule has 0 aliphatic rings. The van der Waals surface area contributed by atoms with Gasteiger partial charge >= 0.3 is 0 Å². The number of pyridine rings is 1. The van der Waals surface area contributed by atoms with Crippen LogP contribution in [0.25, 0.3) is 10.9 Å². The molecule has 23 heavy (non-hydrogen) atoms. The van der Waals surface area contributed by atoms with Crippen molar-refractivity contribution >= 4 is 28.1 Å². The third-order valence-corrected chi connectivity index (χ3v) is 5.10. The van der Waals surface area contributed by atoms with Gasteiger partial charge in [0.2, 0.25) is 0 Å². The number of hydrogen-bond acceptors (Lipinski definition) is 4. The Bertz CT molecular complexity index is 837. The molecule has 0 aliphatic heterocycles. The molecule has 2 heterocycles. The minimum absolute atomic E-state index is 0.0635. The van der Waals surface area contributed by atoms with E-state index in [-0.39, 0.29) is 11.9 Å². The Kier molecular flexibility index (Phi) is 4.39. The summed E-state index contributed by atoms with van der Waals surface area (Å²) in [6.45, 7) is 6.10. The fraction of sp³-hybridized carbons (Fsp3) is 0.278. The first-order chi connectivity index (χ1) is 11.1. The van der Waals surface area contributed by atoms with Crippen LogP contribution in [0.3, 0.4) is 0 Å². The Morgan fingerprint density at radius 1 is 1.30 bits per heavy atom. The van der Waals surface area contributed by atoms with Crippen molar-refractivity contribution < 1.29 is 4.79 Å². The highest BCUT2D eigenvalue weighted by molar-refractivity contribution is 7.11. The highest BCUT2D eigenvalue weighted by Crippen LogP contribution is 2.25. The average Bonchev–Trinajstić information content (AvgIpc) is 2.90. The molecule has 0 saturated heterocycles. The van der Waals surface area contributed by atoms with Gasteiger partial charge in [-0.3, -0.25) is 9.78 Å². The van der Waals surface area contributed by atoms with Gasteiger partial charge in [0.25, 0.3) is 5.91 Å². The Hall–Kier alpha value is -2.27. The van der Waals surface area contributed by atoms with Gasteiger partial charge in [-0.25, -0.2) is 4.98 Å². The minimum Gasteiger partial charge on any atom is -0.343 e. The van der Waals surface area contributed by atoms with Gasteiger partial charge in [-0.05, 0) is 32.4 Å². The summed E-state index contributed by atoms with van der Waals surface area (Å²) in [4.78, 5) is 22.7. The van der Waals surface area contributed by atoms with E-state index in [9.17, 15) is 4.79 Å². The third kappa shape index (κ3) is 3.24. The van der Waals surface area contributed by atoms with Crippen LogP contribution in [0, 0.1) is 13.8 Å². The molecule has 0 spiro atoms. The predicted octanol–water partition coefficient (Wildman–Crippen LogP) is 4.19. The number of carbonyl (C=O) groups is 1. The van der Waals surface area contributed by atoms with Crippen molar-refractivity contribution in [1.82, 2.24) is 15.3 Å². The zero-order valence-corrected chi connectivity index (χ0v) is 14.3. The molecule has 2 aromatic heterocycles. The lowest BCUT2D eigenvalue weighted by molar-refractivity contribution is 0.0935.